The van der Waals surface area contributed by atoms with Gasteiger partial charge in [-0.2, -0.15) is 0 Å². The number of nitrogens with zero attached hydrogens (tertiary/aromatic N) is 1. The Labute approximate surface area is 152 Å². The van der Waals surface area contributed by atoms with Crippen molar-refractivity contribution in [2.75, 3.05) is 26.3 Å². The van der Waals surface area contributed by atoms with Gasteiger partial charge in [-0.05, 0) is 50.2 Å². The van der Waals surface area contributed by atoms with Crippen LogP contribution in [0.5, 0.6) is 0 Å². The van der Waals surface area contributed by atoms with Crippen molar-refractivity contribution in [3.63, 3.8) is 0 Å². The topological polar surface area (TPSA) is 66.8 Å². The maximum atomic E-state index is 13.1. The molecule has 0 aliphatic carbocycles. The molecule has 2 saturated heterocycles. The van der Waals surface area contributed by atoms with Crippen molar-refractivity contribution < 1.29 is 19.4 Å². The molecule has 1 amide bonds. The summed E-state index contributed by atoms with van der Waals surface area (Å²) in [6.07, 6.45) is 4.21. The number of amides is 1. The number of carboxylic acid groups (broad SMARTS) is 1. The van der Waals surface area contributed by atoms with Crippen LogP contribution in [0, 0.1) is 5.41 Å². The van der Waals surface area contributed by atoms with Crippen molar-refractivity contribution in [3.05, 3.63) is 29.8 Å². The largest absolute Gasteiger partial charge is 0.480 e. The summed E-state index contributed by atoms with van der Waals surface area (Å²) in [7, 11) is 0. The third-order valence-electron chi connectivity index (χ3n) is 5.27. The number of carbonyl (C=O) groups is 2. The molecule has 2 aliphatic rings. The second-order valence-electron chi connectivity index (χ2n) is 7.04. The fourth-order valence-corrected chi connectivity index (χ4v) is 4.67. The number of benzene rings is 1. The normalized spacial score (nSPS) is 21.1. The molecule has 1 spiro atoms. The molecule has 5 nitrogen and oxygen atoms in total. The highest BCUT2D eigenvalue weighted by Gasteiger charge is 2.38. The first kappa shape index (κ1) is 18.3. The standard InChI is InChI=1S/C19H25NO4S/c1-14(18(22)23)25-16-6-3-2-5-15(16)17(21)20-10-4-7-19(13-20)8-11-24-12-9-19/h2-3,5-6,14H,4,7-13H2,1H3,(H,22,23). The Hall–Kier alpha value is -1.53. The molecular weight excluding hydrogens is 338 g/mol. The lowest BCUT2D eigenvalue weighted by molar-refractivity contribution is -0.136. The second-order valence-corrected chi connectivity index (χ2v) is 8.42. The number of likely N-dealkylation sites (tertiary alicyclic amines) is 1. The average molecular weight is 363 g/mol. The smallest absolute Gasteiger partial charge is 0.316 e. The number of aliphatic carboxylic acids is 1. The van der Waals surface area contributed by atoms with Crippen LogP contribution in [0.3, 0.4) is 0 Å². The number of carboxylic acids is 1. The highest BCUT2D eigenvalue weighted by Crippen LogP contribution is 2.40. The summed E-state index contributed by atoms with van der Waals surface area (Å²) >= 11 is 1.23. The Morgan fingerprint density at radius 3 is 2.68 bits per heavy atom. The van der Waals surface area contributed by atoms with E-state index in [0.29, 0.717) is 5.56 Å². The first-order valence-electron chi connectivity index (χ1n) is 8.86. The van der Waals surface area contributed by atoms with E-state index in [9.17, 15) is 9.59 Å². The summed E-state index contributed by atoms with van der Waals surface area (Å²) < 4.78 is 5.50. The molecule has 1 atom stereocenters. The van der Waals surface area contributed by atoms with Crippen LogP contribution in [0.25, 0.3) is 0 Å². The summed E-state index contributed by atoms with van der Waals surface area (Å²) in [6.45, 7) is 4.76. The first-order valence-corrected chi connectivity index (χ1v) is 9.74. The van der Waals surface area contributed by atoms with Crippen molar-refractivity contribution in [1.29, 1.82) is 0 Å². The van der Waals surface area contributed by atoms with Crippen molar-refractivity contribution in [1.82, 2.24) is 4.90 Å². The van der Waals surface area contributed by atoms with Gasteiger partial charge in [0.05, 0.1) is 5.56 Å². The molecule has 0 bridgehead atoms. The predicted octanol–water partition coefficient (Wildman–Crippen LogP) is 3.28. The maximum absolute atomic E-state index is 13.1. The van der Waals surface area contributed by atoms with Gasteiger partial charge in [0.25, 0.3) is 5.91 Å². The number of carbonyl (C=O) groups excluding carboxylic acids is 1. The Bertz CT molecular complexity index is 637. The van der Waals surface area contributed by atoms with E-state index in [-0.39, 0.29) is 11.3 Å². The minimum absolute atomic E-state index is 0.0197. The van der Waals surface area contributed by atoms with E-state index in [1.54, 1.807) is 6.92 Å². The molecule has 3 rings (SSSR count). The molecule has 2 heterocycles. The predicted molar refractivity (Wildman–Crippen MR) is 97.0 cm³/mol. The summed E-state index contributed by atoms with van der Waals surface area (Å²) in [5.41, 5.74) is 0.812. The molecule has 0 aromatic heterocycles. The van der Waals surface area contributed by atoms with Crippen molar-refractivity contribution in [2.45, 2.75) is 42.8 Å². The van der Waals surface area contributed by atoms with E-state index in [1.807, 2.05) is 29.2 Å². The lowest BCUT2D eigenvalue weighted by atomic mass is 9.74. The van der Waals surface area contributed by atoms with Crippen LogP contribution in [0.15, 0.2) is 29.2 Å². The Balaban J connectivity index is 1.77. The van der Waals surface area contributed by atoms with Crippen LogP contribution < -0.4 is 0 Å². The zero-order chi connectivity index (χ0) is 17.9. The minimum atomic E-state index is -0.869. The zero-order valence-corrected chi connectivity index (χ0v) is 15.4. The molecule has 0 radical (unpaired) electrons. The van der Waals surface area contributed by atoms with Gasteiger partial charge in [-0.1, -0.05) is 12.1 Å². The molecule has 2 aliphatic heterocycles. The zero-order valence-electron chi connectivity index (χ0n) is 14.6. The molecule has 136 valence electrons. The van der Waals surface area contributed by atoms with Crippen LogP contribution in [-0.4, -0.2) is 53.4 Å². The summed E-state index contributed by atoms with van der Waals surface area (Å²) in [6, 6.07) is 7.34. The maximum Gasteiger partial charge on any atom is 0.316 e. The lowest BCUT2D eigenvalue weighted by Gasteiger charge is -2.45. The number of hydrogen-bond donors (Lipinski definition) is 1. The van der Waals surface area contributed by atoms with E-state index in [0.717, 1.165) is 56.9 Å². The number of piperidine rings is 1. The molecule has 1 aromatic rings. The third kappa shape index (κ3) is 4.18. The molecule has 0 saturated carbocycles. The highest BCUT2D eigenvalue weighted by atomic mass is 32.2. The fourth-order valence-electron chi connectivity index (χ4n) is 3.75. The Kier molecular flexibility index (Phi) is 5.69. The van der Waals surface area contributed by atoms with Gasteiger partial charge in [0, 0.05) is 31.2 Å². The van der Waals surface area contributed by atoms with Gasteiger partial charge in [-0.3, -0.25) is 9.59 Å². The molecule has 1 N–H and O–H groups in total. The van der Waals surface area contributed by atoms with Gasteiger partial charge in [-0.15, -0.1) is 11.8 Å². The van der Waals surface area contributed by atoms with Gasteiger partial charge in [0.1, 0.15) is 5.25 Å². The van der Waals surface area contributed by atoms with Crippen LogP contribution in [0.4, 0.5) is 0 Å². The number of hydrogen-bond acceptors (Lipinski definition) is 4. The number of rotatable bonds is 4. The van der Waals surface area contributed by atoms with Crippen LogP contribution >= 0.6 is 11.8 Å². The molecule has 1 aromatic carbocycles. The average Bonchev–Trinajstić information content (AvgIpc) is 2.62. The van der Waals surface area contributed by atoms with E-state index in [2.05, 4.69) is 0 Å². The van der Waals surface area contributed by atoms with Gasteiger partial charge in [0.15, 0.2) is 0 Å². The van der Waals surface area contributed by atoms with Gasteiger partial charge >= 0.3 is 5.97 Å². The fraction of sp³-hybridized carbons (Fsp3) is 0.579. The monoisotopic (exact) mass is 363 g/mol. The summed E-state index contributed by atoms with van der Waals surface area (Å²) in [5.74, 6) is -0.849. The van der Waals surface area contributed by atoms with E-state index in [4.69, 9.17) is 9.84 Å². The summed E-state index contributed by atoms with van der Waals surface area (Å²) in [5, 5.41) is 8.57. The van der Waals surface area contributed by atoms with Crippen LogP contribution in [-0.2, 0) is 9.53 Å². The molecular formula is C19H25NO4S. The van der Waals surface area contributed by atoms with E-state index < -0.39 is 11.2 Å². The Morgan fingerprint density at radius 1 is 1.24 bits per heavy atom. The summed E-state index contributed by atoms with van der Waals surface area (Å²) in [4.78, 5) is 27.0. The molecule has 2 fully saturated rings. The lowest BCUT2D eigenvalue weighted by Crippen LogP contribution is -2.48. The number of ether oxygens (including phenoxy) is 1. The van der Waals surface area contributed by atoms with Gasteiger partial charge in [-0.25, -0.2) is 0 Å². The van der Waals surface area contributed by atoms with Crippen molar-refractivity contribution >= 4 is 23.6 Å². The minimum Gasteiger partial charge on any atom is -0.480 e. The molecule has 6 heteroatoms. The second kappa shape index (κ2) is 7.79. The van der Waals surface area contributed by atoms with Crippen molar-refractivity contribution in [2.24, 2.45) is 5.41 Å². The third-order valence-corrected chi connectivity index (χ3v) is 6.44. The SMILES string of the molecule is CC(Sc1ccccc1C(=O)N1CCCC2(CCOCC2)C1)C(=O)O. The Morgan fingerprint density at radius 2 is 1.96 bits per heavy atom. The van der Waals surface area contributed by atoms with E-state index >= 15 is 0 Å². The highest BCUT2D eigenvalue weighted by molar-refractivity contribution is 8.00. The molecule has 1 unspecified atom stereocenters. The van der Waals surface area contributed by atoms with Crippen LogP contribution in [0.1, 0.15) is 43.0 Å². The van der Waals surface area contributed by atoms with Crippen molar-refractivity contribution in [3.8, 4) is 0 Å². The van der Waals surface area contributed by atoms with Crippen LogP contribution in [0.2, 0.25) is 0 Å². The van der Waals surface area contributed by atoms with Gasteiger partial charge < -0.3 is 14.7 Å². The van der Waals surface area contributed by atoms with Gasteiger partial charge in [0.2, 0.25) is 0 Å². The van der Waals surface area contributed by atoms with E-state index in [1.165, 1.54) is 11.8 Å². The molecule has 25 heavy (non-hydrogen) atoms. The quantitative estimate of drug-likeness (QED) is 0.832. The first-order chi connectivity index (χ1) is 12.0. The number of thioether (sulfide) groups is 1.